The maximum atomic E-state index is 9.21. The van der Waals surface area contributed by atoms with Gasteiger partial charge in [-0.1, -0.05) is 0 Å². The fourth-order valence-electron chi connectivity index (χ4n) is 0. The first-order valence-corrected chi connectivity index (χ1v) is 4.38. The standard InChI is InChI=1S/H3NO4S.H2O4S/c1-5-6(2,3)4;1-5(2,3)4/h1H2,(H,2,3,4);(H2,1,2,3,4). The Morgan fingerprint density at radius 2 is 1.09 bits per heavy atom. The third kappa shape index (κ3) is 78.9. The first-order chi connectivity index (χ1) is 4.56. The predicted molar refractivity (Wildman–Crippen MR) is 31.0 cm³/mol. The highest BCUT2D eigenvalue weighted by Crippen LogP contribution is 1.70. The molecule has 0 radical (unpaired) electrons. The van der Waals surface area contributed by atoms with Crippen molar-refractivity contribution >= 4 is 20.8 Å². The van der Waals surface area contributed by atoms with E-state index in [2.05, 4.69) is 10.2 Å². The second kappa shape index (κ2) is 4.55. The summed E-state index contributed by atoms with van der Waals surface area (Å²) in [5.41, 5.74) is 0. The number of rotatable bonds is 1. The summed E-state index contributed by atoms with van der Waals surface area (Å²) in [7, 11) is -9.05. The van der Waals surface area contributed by atoms with E-state index < -0.39 is 20.8 Å². The Balaban J connectivity index is 0. The minimum absolute atomic E-state index is 2.97. The molecule has 0 saturated carbocycles. The molecule has 0 aliphatic rings. The van der Waals surface area contributed by atoms with Crippen LogP contribution in [0.4, 0.5) is 0 Å². The van der Waals surface area contributed by atoms with Crippen molar-refractivity contribution < 1.29 is 34.8 Å². The molecule has 0 bridgehead atoms. The molecule has 0 fully saturated rings. The van der Waals surface area contributed by atoms with Gasteiger partial charge in [0.15, 0.2) is 0 Å². The van der Waals surface area contributed by atoms with Gasteiger partial charge >= 0.3 is 20.8 Å². The summed E-state index contributed by atoms with van der Waals surface area (Å²) in [6, 6.07) is 0. The van der Waals surface area contributed by atoms with Gasteiger partial charge in [0.2, 0.25) is 0 Å². The van der Waals surface area contributed by atoms with E-state index >= 15 is 0 Å². The van der Waals surface area contributed by atoms with Crippen molar-refractivity contribution in [2.24, 2.45) is 5.90 Å². The molecule has 0 aliphatic heterocycles. The molecule has 11 heteroatoms. The second-order valence-electron chi connectivity index (χ2n) is 0.972. The summed E-state index contributed by atoms with van der Waals surface area (Å²) in [4.78, 5) is 0. The van der Waals surface area contributed by atoms with Gasteiger partial charge in [-0.15, -0.1) is 0 Å². The van der Waals surface area contributed by atoms with Crippen LogP contribution in [0.5, 0.6) is 0 Å². The minimum Gasteiger partial charge on any atom is -0.264 e. The molecule has 11 heavy (non-hydrogen) atoms. The van der Waals surface area contributed by atoms with Crippen LogP contribution in [0, 0.1) is 0 Å². The molecule has 0 aromatic heterocycles. The highest BCUT2D eigenvalue weighted by atomic mass is 32.3. The Bertz CT molecular complexity index is 259. The largest absolute Gasteiger partial charge is 0.413 e. The average molecular weight is 211 g/mol. The van der Waals surface area contributed by atoms with Gasteiger partial charge in [-0.25, -0.2) is 0 Å². The van der Waals surface area contributed by atoms with Crippen LogP contribution < -0.4 is 5.90 Å². The van der Waals surface area contributed by atoms with Crippen molar-refractivity contribution in [2.45, 2.75) is 0 Å². The maximum Gasteiger partial charge on any atom is 0.413 e. The molecule has 70 valence electrons. The topological polar surface area (TPSA) is 164 Å². The molecular weight excluding hydrogens is 206 g/mol. The first kappa shape index (κ1) is 13.3. The van der Waals surface area contributed by atoms with Crippen LogP contribution in [0.2, 0.25) is 0 Å². The fraction of sp³-hybridized carbons (Fsp3) is 0. The summed E-state index contributed by atoms with van der Waals surface area (Å²) in [6.07, 6.45) is 0. The van der Waals surface area contributed by atoms with Crippen LogP contribution in [0.15, 0.2) is 0 Å². The van der Waals surface area contributed by atoms with Crippen molar-refractivity contribution in [1.29, 1.82) is 0 Å². The average Bonchev–Trinajstić information content (AvgIpc) is 1.59. The molecule has 0 amide bonds. The molecule has 0 aromatic rings. The molecule has 0 rings (SSSR count). The van der Waals surface area contributed by atoms with E-state index in [1.165, 1.54) is 0 Å². The molecular formula is H5NO8S2. The van der Waals surface area contributed by atoms with Gasteiger partial charge in [0.25, 0.3) is 0 Å². The minimum atomic E-state index is -4.67. The Morgan fingerprint density at radius 3 is 1.09 bits per heavy atom. The monoisotopic (exact) mass is 211 g/mol. The van der Waals surface area contributed by atoms with E-state index in [-0.39, 0.29) is 0 Å². The fourth-order valence-corrected chi connectivity index (χ4v) is 0. The number of hydrogen-bond acceptors (Lipinski definition) is 6. The molecule has 0 aliphatic carbocycles. The van der Waals surface area contributed by atoms with Crippen molar-refractivity contribution in [3.8, 4) is 0 Å². The van der Waals surface area contributed by atoms with Gasteiger partial charge in [-0.05, 0) is 0 Å². The molecule has 0 heterocycles. The lowest BCUT2D eigenvalue weighted by Crippen LogP contribution is -2.08. The zero-order chi connectivity index (χ0) is 9.71. The Kier molecular flexibility index (Phi) is 5.50. The lowest BCUT2D eigenvalue weighted by molar-refractivity contribution is 0.277. The van der Waals surface area contributed by atoms with Crippen LogP contribution in [0.25, 0.3) is 0 Å². The van der Waals surface area contributed by atoms with Crippen molar-refractivity contribution in [1.82, 2.24) is 0 Å². The molecule has 0 unspecified atom stereocenters. The molecule has 5 N–H and O–H groups in total. The first-order valence-electron chi connectivity index (χ1n) is 1.62. The Morgan fingerprint density at radius 1 is 1.00 bits per heavy atom. The SMILES string of the molecule is NOS(=O)(=O)O.O=S(=O)(O)O. The van der Waals surface area contributed by atoms with Gasteiger partial charge in [0.1, 0.15) is 0 Å². The van der Waals surface area contributed by atoms with Gasteiger partial charge in [0.05, 0.1) is 0 Å². The van der Waals surface area contributed by atoms with E-state index in [1.54, 1.807) is 0 Å². The lowest BCUT2D eigenvalue weighted by Gasteiger charge is -1.81. The van der Waals surface area contributed by atoms with E-state index in [0.29, 0.717) is 0 Å². The highest BCUT2D eigenvalue weighted by molar-refractivity contribution is 7.80. The highest BCUT2D eigenvalue weighted by Gasteiger charge is 1.95. The molecule has 0 aromatic carbocycles. The van der Waals surface area contributed by atoms with E-state index in [0.717, 1.165) is 0 Å². The summed E-state index contributed by atoms with van der Waals surface area (Å²) in [5.74, 6) is 3.97. The predicted octanol–water partition coefficient (Wildman–Crippen LogP) is -1.97. The smallest absolute Gasteiger partial charge is 0.264 e. The molecule has 0 saturated heterocycles. The Hall–Kier alpha value is -0.300. The van der Waals surface area contributed by atoms with Crippen LogP contribution >= 0.6 is 0 Å². The number of nitrogens with two attached hydrogens (primary N) is 1. The quantitative estimate of drug-likeness (QED) is 0.284. The second-order valence-corrected chi connectivity index (χ2v) is 2.92. The summed E-state index contributed by atoms with van der Waals surface area (Å²) < 4.78 is 60.4. The molecule has 9 nitrogen and oxygen atoms in total. The van der Waals surface area contributed by atoms with Crippen molar-refractivity contribution in [3.05, 3.63) is 0 Å². The van der Waals surface area contributed by atoms with Gasteiger partial charge in [-0.3, -0.25) is 13.7 Å². The van der Waals surface area contributed by atoms with Gasteiger partial charge in [-0.2, -0.15) is 27.0 Å². The zero-order valence-electron chi connectivity index (χ0n) is 4.78. The van der Waals surface area contributed by atoms with E-state index in [9.17, 15) is 8.42 Å². The normalized spacial score (nSPS) is 11.6. The van der Waals surface area contributed by atoms with Crippen LogP contribution in [-0.2, 0) is 25.1 Å². The van der Waals surface area contributed by atoms with Gasteiger partial charge < -0.3 is 0 Å². The summed E-state index contributed by atoms with van der Waals surface area (Å²) in [5, 5.41) is 0. The van der Waals surface area contributed by atoms with Crippen LogP contribution in [0.3, 0.4) is 0 Å². The number of hydrogen-bond donors (Lipinski definition) is 4. The summed E-state index contributed by atoms with van der Waals surface area (Å²) >= 11 is 0. The zero-order valence-corrected chi connectivity index (χ0v) is 6.41. The van der Waals surface area contributed by atoms with E-state index in [4.69, 9.17) is 22.1 Å². The summed E-state index contributed by atoms with van der Waals surface area (Å²) in [6.45, 7) is 0. The van der Waals surface area contributed by atoms with Crippen LogP contribution in [0.1, 0.15) is 0 Å². The van der Waals surface area contributed by atoms with E-state index in [1.807, 2.05) is 0 Å². The molecule has 0 spiro atoms. The van der Waals surface area contributed by atoms with Crippen LogP contribution in [-0.4, -0.2) is 30.5 Å². The Labute approximate surface area is 62.3 Å². The van der Waals surface area contributed by atoms with Gasteiger partial charge in [0, 0.05) is 0 Å². The maximum absolute atomic E-state index is 9.21. The third-order valence-electron chi connectivity index (χ3n) is 0.122. The third-order valence-corrected chi connectivity index (χ3v) is 0.365. The van der Waals surface area contributed by atoms with Crippen molar-refractivity contribution in [3.63, 3.8) is 0 Å². The van der Waals surface area contributed by atoms with Crippen molar-refractivity contribution in [2.75, 3.05) is 0 Å². The molecule has 0 atom stereocenters. The lowest BCUT2D eigenvalue weighted by atomic mass is 13.6.